The third kappa shape index (κ3) is 2.77. The standard InChI is InChI=1S/C13H17NO3/c1-14-9-11(8-12(14)13(15)16-2)17-10-6-4-3-5-7-10/h3-7,11-12H,8-9H2,1-2H3. The maximum Gasteiger partial charge on any atom is 0.323 e. The van der Waals surface area contributed by atoms with Crippen molar-refractivity contribution < 1.29 is 14.3 Å². The van der Waals surface area contributed by atoms with Gasteiger partial charge in [-0.05, 0) is 19.2 Å². The molecule has 0 bridgehead atoms. The Bertz CT molecular complexity index is 380. The molecular formula is C13H17NO3. The molecule has 1 saturated heterocycles. The number of hydrogen-bond donors (Lipinski definition) is 0. The summed E-state index contributed by atoms with van der Waals surface area (Å²) in [6.07, 6.45) is 0.726. The molecule has 4 heteroatoms. The van der Waals surface area contributed by atoms with Gasteiger partial charge in [0.2, 0.25) is 0 Å². The maximum absolute atomic E-state index is 11.5. The number of hydrogen-bond acceptors (Lipinski definition) is 4. The average molecular weight is 235 g/mol. The van der Waals surface area contributed by atoms with Gasteiger partial charge in [-0.15, -0.1) is 0 Å². The first-order valence-electron chi connectivity index (χ1n) is 5.70. The summed E-state index contributed by atoms with van der Waals surface area (Å²) in [5.41, 5.74) is 0. The van der Waals surface area contributed by atoms with Crippen LogP contribution >= 0.6 is 0 Å². The molecule has 2 atom stereocenters. The van der Waals surface area contributed by atoms with Crippen molar-refractivity contribution >= 4 is 5.97 Å². The van der Waals surface area contributed by atoms with Crippen molar-refractivity contribution in [3.05, 3.63) is 30.3 Å². The Kier molecular flexibility index (Phi) is 3.64. The molecule has 1 aromatic rings. The molecule has 0 spiro atoms. The third-order valence-corrected chi connectivity index (χ3v) is 3.03. The van der Waals surface area contributed by atoms with Crippen LogP contribution in [0, 0.1) is 0 Å². The Balaban J connectivity index is 1.95. The molecule has 0 N–H and O–H groups in total. The summed E-state index contributed by atoms with van der Waals surface area (Å²) in [6.45, 7) is 0.745. The normalized spacial score (nSPS) is 24.6. The van der Waals surface area contributed by atoms with Gasteiger partial charge < -0.3 is 9.47 Å². The monoisotopic (exact) mass is 235 g/mol. The molecule has 2 rings (SSSR count). The summed E-state index contributed by atoms with van der Waals surface area (Å²) >= 11 is 0. The fourth-order valence-corrected chi connectivity index (χ4v) is 2.14. The maximum atomic E-state index is 11.5. The first-order chi connectivity index (χ1) is 8.20. The smallest absolute Gasteiger partial charge is 0.323 e. The number of carbonyl (C=O) groups excluding carboxylic acids is 1. The summed E-state index contributed by atoms with van der Waals surface area (Å²) in [5, 5.41) is 0. The molecule has 1 fully saturated rings. The minimum absolute atomic E-state index is 0.0477. The predicted octanol–water partition coefficient (Wildman–Crippen LogP) is 1.31. The van der Waals surface area contributed by atoms with E-state index in [1.807, 2.05) is 42.3 Å². The van der Waals surface area contributed by atoms with Crippen molar-refractivity contribution in [3.63, 3.8) is 0 Å². The Morgan fingerprint density at radius 2 is 2.06 bits per heavy atom. The van der Waals surface area contributed by atoms with E-state index in [9.17, 15) is 4.79 Å². The molecule has 0 aliphatic carbocycles. The summed E-state index contributed by atoms with van der Waals surface area (Å²) in [5.74, 6) is 0.656. The van der Waals surface area contributed by atoms with Gasteiger partial charge in [-0.2, -0.15) is 0 Å². The van der Waals surface area contributed by atoms with Gasteiger partial charge in [-0.1, -0.05) is 18.2 Å². The molecule has 92 valence electrons. The number of para-hydroxylation sites is 1. The zero-order valence-electron chi connectivity index (χ0n) is 10.1. The lowest BCUT2D eigenvalue weighted by Crippen LogP contribution is -2.33. The van der Waals surface area contributed by atoms with Gasteiger partial charge in [-0.25, -0.2) is 0 Å². The molecule has 17 heavy (non-hydrogen) atoms. The zero-order valence-corrected chi connectivity index (χ0v) is 10.1. The molecule has 0 radical (unpaired) electrons. The molecule has 0 amide bonds. The Hall–Kier alpha value is -1.55. The number of esters is 1. The van der Waals surface area contributed by atoms with Crippen molar-refractivity contribution in [3.8, 4) is 5.75 Å². The fraction of sp³-hybridized carbons (Fsp3) is 0.462. The number of ether oxygens (including phenoxy) is 2. The van der Waals surface area contributed by atoms with Crippen molar-refractivity contribution in [2.75, 3.05) is 20.7 Å². The van der Waals surface area contributed by atoms with E-state index in [0.717, 1.165) is 12.3 Å². The van der Waals surface area contributed by atoms with Gasteiger partial charge in [-0.3, -0.25) is 9.69 Å². The van der Waals surface area contributed by atoms with Crippen molar-refractivity contribution in [2.24, 2.45) is 0 Å². The van der Waals surface area contributed by atoms with Crippen LogP contribution in [-0.4, -0.2) is 43.7 Å². The number of nitrogens with zero attached hydrogens (tertiary/aromatic N) is 1. The van der Waals surface area contributed by atoms with Crippen LogP contribution in [0.25, 0.3) is 0 Å². The highest BCUT2D eigenvalue weighted by Crippen LogP contribution is 2.22. The number of benzene rings is 1. The number of likely N-dealkylation sites (tertiary alicyclic amines) is 1. The van der Waals surface area contributed by atoms with E-state index in [4.69, 9.17) is 9.47 Å². The molecule has 4 nitrogen and oxygen atoms in total. The van der Waals surface area contributed by atoms with Crippen LogP contribution in [0.2, 0.25) is 0 Å². The SMILES string of the molecule is COC(=O)C1CC(Oc2ccccc2)CN1C. The van der Waals surface area contributed by atoms with Crippen LogP contribution in [0.4, 0.5) is 0 Å². The molecule has 1 aliphatic rings. The van der Waals surface area contributed by atoms with E-state index in [2.05, 4.69) is 0 Å². The van der Waals surface area contributed by atoms with Gasteiger partial charge in [0, 0.05) is 13.0 Å². The van der Waals surface area contributed by atoms with Crippen LogP contribution in [0.5, 0.6) is 5.75 Å². The summed E-state index contributed by atoms with van der Waals surface area (Å²) in [4.78, 5) is 13.5. The fourth-order valence-electron chi connectivity index (χ4n) is 2.14. The predicted molar refractivity (Wildman–Crippen MR) is 63.9 cm³/mol. The average Bonchev–Trinajstić information content (AvgIpc) is 2.70. The van der Waals surface area contributed by atoms with E-state index in [1.165, 1.54) is 7.11 Å². The first-order valence-corrected chi connectivity index (χ1v) is 5.70. The van der Waals surface area contributed by atoms with E-state index < -0.39 is 0 Å². The quantitative estimate of drug-likeness (QED) is 0.740. The highest BCUT2D eigenvalue weighted by atomic mass is 16.5. The van der Waals surface area contributed by atoms with E-state index >= 15 is 0 Å². The largest absolute Gasteiger partial charge is 0.489 e. The lowest BCUT2D eigenvalue weighted by Gasteiger charge is -2.15. The van der Waals surface area contributed by atoms with E-state index in [0.29, 0.717) is 6.42 Å². The van der Waals surface area contributed by atoms with Crippen LogP contribution in [-0.2, 0) is 9.53 Å². The second-order valence-electron chi connectivity index (χ2n) is 4.27. The number of methoxy groups -OCH3 is 1. The van der Waals surface area contributed by atoms with Crippen LogP contribution < -0.4 is 4.74 Å². The van der Waals surface area contributed by atoms with Gasteiger partial charge >= 0.3 is 5.97 Å². The third-order valence-electron chi connectivity index (χ3n) is 3.03. The molecule has 1 heterocycles. The van der Waals surface area contributed by atoms with Crippen molar-refractivity contribution in [1.29, 1.82) is 0 Å². The summed E-state index contributed by atoms with van der Waals surface area (Å²) < 4.78 is 10.6. The van der Waals surface area contributed by atoms with E-state index in [1.54, 1.807) is 0 Å². The highest BCUT2D eigenvalue weighted by molar-refractivity contribution is 5.76. The summed E-state index contributed by atoms with van der Waals surface area (Å²) in [6, 6.07) is 9.48. The van der Waals surface area contributed by atoms with Crippen LogP contribution in [0.3, 0.4) is 0 Å². The topological polar surface area (TPSA) is 38.8 Å². The second-order valence-corrected chi connectivity index (χ2v) is 4.27. The van der Waals surface area contributed by atoms with E-state index in [-0.39, 0.29) is 18.1 Å². The zero-order chi connectivity index (χ0) is 12.3. The van der Waals surface area contributed by atoms with Gasteiger partial charge in [0.15, 0.2) is 0 Å². The molecular weight excluding hydrogens is 218 g/mol. The first kappa shape index (κ1) is 11.9. The molecule has 1 aromatic carbocycles. The van der Waals surface area contributed by atoms with Crippen LogP contribution in [0.15, 0.2) is 30.3 Å². The minimum Gasteiger partial charge on any atom is -0.489 e. The van der Waals surface area contributed by atoms with Crippen LogP contribution in [0.1, 0.15) is 6.42 Å². The number of likely N-dealkylation sites (N-methyl/N-ethyl adjacent to an activating group) is 1. The van der Waals surface area contributed by atoms with Gasteiger partial charge in [0.1, 0.15) is 17.9 Å². The lowest BCUT2D eigenvalue weighted by molar-refractivity contribution is -0.145. The number of carbonyl (C=O) groups is 1. The second kappa shape index (κ2) is 5.19. The molecule has 0 aromatic heterocycles. The van der Waals surface area contributed by atoms with Gasteiger partial charge in [0.25, 0.3) is 0 Å². The molecule has 2 unspecified atom stereocenters. The lowest BCUT2D eigenvalue weighted by atomic mass is 10.2. The molecule has 0 saturated carbocycles. The Labute approximate surface area is 101 Å². The minimum atomic E-state index is -0.188. The summed E-state index contributed by atoms with van der Waals surface area (Å²) in [7, 11) is 3.33. The Morgan fingerprint density at radius 1 is 1.35 bits per heavy atom. The Morgan fingerprint density at radius 3 is 2.71 bits per heavy atom. The van der Waals surface area contributed by atoms with Crippen molar-refractivity contribution in [1.82, 2.24) is 4.90 Å². The highest BCUT2D eigenvalue weighted by Gasteiger charge is 2.36. The van der Waals surface area contributed by atoms with Gasteiger partial charge in [0.05, 0.1) is 7.11 Å². The number of rotatable bonds is 3. The molecule has 1 aliphatic heterocycles. The van der Waals surface area contributed by atoms with Crippen molar-refractivity contribution in [2.45, 2.75) is 18.6 Å².